The zero-order valence-corrected chi connectivity index (χ0v) is 11.3. The maximum absolute atomic E-state index is 5.63. The first-order valence-corrected chi connectivity index (χ1v) is 6.02. The minimum atomic E-state index is 0.711. The predicted molar refractivity (Wildman–Crippen MR) is 77.5 cm³/mol. The summed E-state index contributed by atoms with van der Waals surface area (Å²) in [6, 6.07) is 11.3. The monoisotopic (exact) mass is 255 g/mol. The Morgan fingerprint density at radius 3 is 2.32 bits per heavy atom. The lowest BCUT2D eigenvalue weighted by atomic mass is 10.1. The molecule has 4 heteroatoms. The van der Waals surface area contributed by atoms with Crippen molar-refractivity contribution in [1.82, 2.24) is 0 Å². The summed E-state index contributed by atoms with van der Waals surface area (Å²) in [6.45, 7) is 4.02. The van der Waals surface area contributed by atoms with Gasteiger partial charge in [-0.05, 0) is 55.3 Å². The third kappa shape index (κ3) is 3.10. The second-order valence-electron chi connectivity index (χ2n) is 4.42. The van der Waals surface area contributed by atoms with Crippen LogP contribution < -0.4 is 10.5 Å². The van der Waals surface area contributed by atoms with Crippen LogP contribution in [0.1, 0.15) is 11.1 Å². The van der Waals surface area contributed by atoms with Crippen molar-refractivity contribution in [3.8, 4) is 5.75 Å². The van der Waals surface area contributed by atoms with E-state index in [1.54, 1.807) is 19.2 Å². The van der Waals surface area contributed by atoms with Crippen molar-refractivity contribution in [2.24, 2.45) is 10.2 Å². The van der Waals surface area contributed by atoms with Crippen LogP contribution in [0.2, 0.25) is 0 Å². The summed E-state index contributed by atoms with van der Waals surface area (Å²) in [5.74, 6) is 0.733. The molecule has 2 rings (SSSR count). The first kappa shape index (κ1) is 13.1. The van der Waals surface area contributed by atoms with Gasteiger partial charge in [0.2, 0.25) is 0 Å². The van der Waals surface area contributed by atoms with Crippen molar-refractivity contribution in [2.75, 3.05) is 12.8 Å². The van der Waals surface area contributed by atoms with E-state index in [4.69, 9.17) is 10.5 Å². The van der Waals surface area contributed by atoms with E-state index >= 15 is 0 Å². The lowest BCUT2D eigenvalue weighted by molar-refractivity contribution is 0.415. The summed E-state index contributed by atoms with van der Waals surface area (Å²) in [5, 5.41) is 8.48. The highest BCUT2D eigenvalue weighted by Crippen LogP contribution is 2.33. The number of rotatable bonds is 3. The van der Waals surface area contributed by atoms with Crippen LogP contribution in [0.15, 0.2) is 46.6 Å². The molecule has 4 nitrogen and oxygen atoms in total. The topological polar surface area (TPSA) is 60.0 Å². The molecule has 98 valence electrons. The molecule has 0 aliphatic carbocycles. The highest BCUT2D eigenvalue weighted by Gasteiger charge is 2.06. The lowest BCUT2D eigenvalue weighted by Gasteiger charge is -2.08. The highest BCUT2D eigenvalue weighted by molar-refractivity contribution is 5.59. The quantitative estimate of drug-likeness (QED) is 0.656. The van der Waals surface area contributed by atoms with E-state index in [-0.39, 0.29) is 0 Å². The zero-order valence-electron chi connectivity index (χ0n) is 11.3. The molecule has 0 aromatic heterocycles. The van der Waals surface area contributed by atoms with Gasteiger partial charge in [0.05, 0.1) is 12.8 Å². The number of methoxy groups -OCH3 is 1. The molecule has 0 heterocycles. The van der Waals surface area contributed by atoms with E-state index in [9.17, 15) is 0 Å². The molecule has 2 aromatic rings. The molecular weight excluding hydrogens is 238 g/mol. The average molecular weight is 255 g/mol. The van der Waals surface area contributed by atoms with Gasteiger partial charge in [0, 0.05) is 5.69 Å². The van der Waals surface area contributed by atoms with Gasteiger partial charge in [0.25, 0.3) is 0 Å². The molecule has 19 heavy (non-hydrogen) atoms. The van der Waals surface area contributed by atoms with Gasteiger partial charge < -0.3 is 10.5 Å². The molecule has 0 amide bonds. The Balaban J connectivity index is 2.35. The second-order valence-corrected chi connectivity index (χ2v) is 4.42. The fraction of sp³-hybridized carbons (Fsp3) is 0.200. The standard InChI is InChI=1S/C15H17N3O/c1-10-8-11(2)15(14(9-10)19-3)18-17-13-6-4-12(16)5-7-13/h4-9H,16H2,1-3H3. The van der Waals surface area contributed by atoms with Crippen LogP contribution in [0.3, 0.4) is 0 Å². The number of anilines is 1. The number of hydrogen-bond donors (Lipinski definition) is 1. The van der Waals surface area contributed by atoms with E-state index in [1.165, 1.54) is 0 Å². The van der Waals surface area contributed by atoms with Gasteiger partial charge in [-0.3, -0.25) is 0 Å². The summed E-state index contributed by atoms with van der Waals surface area (Å²) in [6.07, 6.45) is 0. The summed E-state index contributed by atoms with van der Waals surface area (Å²) in [5.41, 5.74) is 10.0. The van der Waals surface area contributed by atoms with Gasteiger partial charge in [-0.2, -0.15) is 5.11 Å². The van der Waals surface area contributed by atoms with Crippen LogP contribution in [0.4, 0.5) is 17.1 Å². The van der Waals surface area contributed by atoms with E-state index in [1.807, 2.05) is 32.0 Å². The molecule has 0 bridgehead atoms. The summed E-state index contributed by atoms with van der Waals surface area (Å²) >= 11 is 0. The molecule has 0 atom stereocenters. The fourth-order valence-electron chi connectivity index (χ4n) is 1.85. The first-order chi connectivity index (χ1) is 9.10. The van der Waals surface area contributed by atoms with Gasteiger partial charge >= 0.3 is 0 Å². The average Bonchev–Trinajstić information content (AvgIpc) is 2.39. The molecule has 0 aliphatic rings. The smallest absolute Gasteiger partial charge is 0.146 e. The number of hydrogen-bond acceptors (Lipinski definition) is 4. The third-order valence-electron chi connectivity index (χ3n) is 2.79. The molecule has 0 saturated carbocycles. The van der Waals surface area contributed by atoms with E-state index < -0.39 is 0 Å². The molecule has 0 saturated heterocycles. The van der Waals surface area contributed by atoms with Gasteiger partial charge in [0.1, 0.15) is 11.4 Å². The van der Waals surface area contributed by atoms with E-state index in [2.05, 4.69) is 16.3 Å². The van der Waals surface area contributed by atoms with Gasteiger partial charge in [-0.25, -0.2) is 0 Å². The summed E-state index contributed by atoms with van der Waals surface area (Å²) in [4.78, 5) is 0. The van der Waals surface area contributed by atoms with Gasteiger partial charge in [-0.1, -0.05) is 6.07 Å². The molecule has 0 spiro atoms. The molecule has 0 fully saturated rings. The highest BCUT2D eigenvalue weighted by atomic mass is 16.5. The minimum absolute atomic E-state index is 0.711. The molecule has 0 radical (unpaired) electrons. The zero-order chi connectivity index (χ0) is 13.8. The lowest BCUT2D eigenvalue weighted by Crippen LogP contribution is -1.87. The van der Waals surface area contributed by atoms with Crippen LogP contribution in [0.5, 0.6) is 5.75 Å². The van der Waals surface area contributed by atoms with Crippen molar-refractivity contribution >= 4 is 17.1 Å². The first-order valence-electron chi connectivity index (χ1n) is 6.02. The molecular formula is C15H17N3O. The van der Waals surface area contributed by atoms with Crippen LogP contribution >= 0.6 is 0 Å². The Bertz CT molecular complexity index is 604. The summed E-state index contributed by atoms with van der Waals surface area (Å²) in [7, 11) is 1.64. The SMILES string of the molecule is COc1cc(C)cc(C)c1N=Nc1ccc(N)cc1. The van der Waals surface area contributed by atoms with Crippen molar-refractivity contribution in [2.45, 2.75) is 13.8 Å². The molecule has 0 aliphatic heterocycles. The van der Waals surface area contributed by atoms with Crippen molar-refractivity contribution in [3.63, 3.8) is 0 Å². The number of nitrogens with two attached hydrogens (primary N) is 1. The van der Waals surface area contributed by atoms with Gasteiger partial charge in [-0.15, -0.1) is 5.11 Å². The van der Waals surface area contributed by atoms with Crippen LogP contribution in [0.25, 0.3) is 0 Å². The van der Waals surface area contributed by atoms with Crippen LogP contribution in [-0.2, 0) is 0 Å². The Kier molecular flexibility index (Phi) is 3.80. The van der Waals surface area contributed by atoms with E-state index in [0.717, 1.165) is 28.3 Å². The van der Waals surface area contributed by atoms with Crippen molar-refractivity contribution in [1.29, 1.82) is 0 Å². The number of nitrogens with zero attached hydrogens (tertiary/aromatic N) is 2. The largest absolute Gasteiger partial charge is 0.494 e. The maximum Gasteiger partial charge on any atom is 0.146 e. The number of nitrogen functional groups attached to an aromatic ring is 1. The number of benzene rings is 2. The maximum atomic E-state index is 5.63. The Morgan fingerprint density at radius 2 is 1.68 bits per heavy atom. The molecule has 0 unspecified atom stereocenters. The third-order valence-corrected chi connectivity index (χ3v) is 2.79. The van der Waals surface area contributed by atoms with E-state index in [0.29, 0.717) is 5.69 Å². The van der Waals surface area contributed by atoms with Crippen LogP contribution in [-0.4, -0.2) is 7.11 Å². The van der Waals surface area contributed by atoms with Crippen LogP contribution in [0, 0.1) is 13.8 Å². The summed E-state index contributed by atoms with van der Waals surface area (Å²) < 4.78 is 5.34. The second kappa shape index (κ2) is 5.52. The Morgan fingerprint density at radius 1 is 1.00 bits per heavy atom. The van der Waals surface area contributed by atoms with Gasteiger partial charge in [0.15, 0.2) is 0 Å². The predicted octanol–water partition coefficient (Wildman–Crippen LogP) is 4.31. The Hall–Kier alpha value is -2.36. The number of azo groups is 1. The normalized spacial score (nSPS) is 10.9. The molecule has 2 aromatic carbocycles. The fourth-order valence-corrected chi connectivity index (χ4v) is 1.85. The number of ether oxygens (including phenoxy) is 1. The molecule has 2 N–H and O–H groups in total. The Labute approximate surface area is 112 Å². The minimum Gasteiger partial charge on any atom is -0.494 e. The van der Waals surface area contributed by atoms with Crippen molar-refractivity contribution < 1.29 is 4.74 Å². The number of aryl methyl sites for hydroxylation is 2. The van der Waals surface area contributed by atoms with Crippen molar-refractivity contribution in [3.05, 3.63) is 47.5 Å².